The lowest BCUT2D eigenvalue weighted by atomic mass is 10.0. The molecular formula is C25H18BrClO3. The van der Waals surface area contributed by atoms with Crippen LogP contribution in [0.5, 0.6) is 11.5 Å². The molecule has 0 atom stereocenters. The van der Waals surface area contributed by atoms with Crippen molar-refractivity contribution in [3.05, 3.63) is 98.5 Å². The minimum absolute atomic E-state index is 0.00760. The normalized spacial score (nSPS) is 14.2. The molecule has 0 radical (unpaired) electrons. The quantitative estimate of drug-likeness (QED) is 0.406. The minimum atomic E-state index is -0.838. The summed E-state index contributed by atoms with van der Waals surface area (Å²) in [5, 5.41) is 10.0. The lowest BCUT2D eigenvalue weighted by Crippen LogP contribution is -1.96. The summed E-state index contributed by atoms with van der Waals surface area (Å²) in [6.45, 7) is 1.98. The Bertz CT molecular complexity index is 1190. The largest absolute Gasteiger partial charge is 0.481 e. The Hall–Kier alpha value is -2.82. The number of carboxylic acids is 1. The fourth-order valence-electron chi connectivity index (χ4n) is 3.61. The second kappa shape index (κ2) is 8.50. The first-order valence-corrected chi connectivity index (χ1v) is 10.6. The van der Waals surface area contributed by atoms with Crippen molar-refractivity contribution in [1.82, 2.24) is 0 Å². The van der Waals surface area contributed by atoms with Gasteiger partial charge in [-0.05, 0) is 94.9 Å². The number of fused-ring (bicyclic) bond motifs is 1. The van der Waals surface area contributed by atoms with Crippen molar-refractivity contribution in [1.29, 1.82) is 0 Å². The fourth-order valence-corrected chi connectivity index (χ4v) is 4.09. The van der Waals surface area contributed by atoms with Gasteiger partial charge in [0.15, 0.2) is 0 Å². The molecule has 3 aromatic carbocycles. The van der Waals surface area contributed by atoms with Crippen LogP contribution < -0.4 is 4.74 Å². The molecule has 30 heavy (non-hydrogen) atoms. The van der Waals surface area contributed by atoms with Gasteiger partial charge in [0.25, 0.3) is 0 Å². The molecule has 0 saturated carbocycles. The van der Waals surface area contributed by atoms with Gasteiger partial charge < -0.3 is 9.84 Å². The molecule has 0 amide bonds. The molecule has 0 spiro atoms. The smallest absolute Gasteiger partial charge is 0.307 e. The molecule has 0 aliphatic heterocycles. The maximum absolute atomic E-state index is 11.4. The van der Waals surface area contributed by atoms with Gasteiger partial charge in [-0.3, -0.25) is 4.79 Å². The fraction of sp³-hybridized carbons (Fsp3) is 0.0800. The van der Waals surface area contributed by atoms with Crippen molar-refractivity contribution in [2.24, 2.45) is 0 Å². The number of allylic oxidation sites excluding steroid dienone is 2. The number of hydrogen-bond donors (Lipinski definition) is 1. The molecule has 1 N–H and O–H groups in total. The molecule has 0 unspecified atom stereocenters. The van der Waals surface area contributed by atoms with E-state index in [-0.39, 0.29) is 6.42 Å². The second-order valence-electron chi connectivity index (χ2n) is 7.05. The van der Waals surface area contributed by atoms with Crippen LogP contribution in [0.4, 0.5) is 0 Å². The van der Waals surface area contributed by atoms with E-state index in [9.17, 15) is 9.90 Å². The lowest BCUT2D eigenvalue weighted by Gasteiger charge is -2.08. The zero-order valence-corrected chi connectivity index (χ0v) is 18.5. The first-order chi connectivity index (χ1) is 14.4. The van der Waals surface area contributed by atoms with Gasteiger partial charge in [0, 0.05) is 9.50 Å². The number of carbonyl (C=O) groups is 1. The Morgan fingerprint density at radius 3 is 2.53 bits per heavy atom. The second-order valence-corrected chi connectivity index (χ2v) is 8.40. The van der Waals surface area contributed by atoms with Crippen LogP contribution in [0.1, 0.15) is 30.0 Å². The molecule has 3 nitrogen and oxygen atoms in total. The zero-order valence-electron chi connectivity index (χ0n) is 16.2. The summed E-state index contributed by atoms with van der Waals surface area (Å²) in [7, 11) is 0. The van der Waals surface area contributed by atoms with Crippen LogP contribution in [-0.4, -0.2) is 11.1 Å². The molecule has 0 fully saturated rings. The van der Waals surface area contributed by atoms with Crippen molar-refractivity contribution in [3.63, 3.8) is 0 Å². The summed E-state index contributed by atoms with van der Waals surface area (Å²) in [6, 6.07) is 21.0. The molecule has 3 aromatic rings. The SMILES string of the molecule is CC1=C(CC(=O)O)c2cc(Br)ccc2/C1=C\c1cccc(Oc2ccc(Cl)cc2)c1. The molecule has 150 valence electrons. The van der Waals surface area contributed by atoms with Crippen molar-refractivity contribution in [2.75, 3.05) is 0 Å². The van der Waals surface area contributed by atoms with Gasteiger partial charge in [-0.15, -0.1) is 0 Å². The van der Waals surface area contributed by atoms with E-state index < -0.39 is 5.97 Å². The van der Waals surface area contributed by atoms with E-state index in [2.05, 4.69) is 22.0 Å². The number of benzene rings is 3. The third kappa shape index (κ3) is 4.35. The monoisotopic (exact) mass is 480 g/mol. The van der Waals surface area contributed by atoms with Crippen molar-refractivity contribution < 1.29 is 14.6 Å². The molecular weight excluding hydrogens is 464 g/mol. The molecule has 0 bridgehead atoms. The van der Waals surface area contributed by atoms with E-state index in [4.69, 9.17) is 16.3 Å². The number of halogens is 2. The highest BCUT2D eigenvalue weighted by molar-refractivity contribution is 9.10. The van der Waals surface area contributed by atoms with Gasteiger partial charge in [-0.1, -0.05) is 45.7 Å². The maximum Gasteiger partial charge on any atom is 0.307 e. The first kappa shape index (κ1) is 20.5. The van der Waals surface area contributed by atoms with E-state index in [1.807, 2.05) is 61.5 Å². The summed E-state index contributed by atoms with van der Waals surface area (Å²) in [5.41, 5.74) is 5.83. The topological polar surface area (TPSA) is 46.5 Å². The Labute approximate surface area is 188 Å². The van der Waals surface area contributed by atoms with Gasteiger partial charge in [0.2, 0.25) is 0 Å². The highest BCUT2D eigenvalue weighted by atomic mass is 79.9. The van der Waals surface area contributed by atoms with Crippen LogP contribution in [0.3, 0.4) is 0 Å². The highest BCUT2D eigenvalue weighted by Gasteiger charge is 2.25. The van der Waals surface area contributed by atoms with E-state index in [1.54, 1.807) is 12.1 Å². The van der Waals surface area contributed by atoms with E-state index in [0.29, 0.717) is 16.5 Å². The molecule has 0 saturated heterocycles. The van der Waals surface area contributed by atoms with Crippen molar-refractivity contribution in [3.8, 4) is 11.5 Å². The molecule has 1 aliphatic rings. The van der Waals surface area contributed by atoms with Crippen LogP contribution >= 0.6 is 27.5 Å². The van der Waals surface area contributed by atoms with Gasteiger partial charge in [-0.25, -0.2) is 0 Å². The van der Waals surface area contributed by atoms with Gasteiger partial charge >= 0.3 is 5.97 Å². The van der Waals surface area contributed by atoms with Crippen LogP contribution in [0.2, 0.25) is 5.02 Å². The van der Waals surface area contributed by atoms with E-state index >= 15 is 0 Å². The molecule has 0 heterocycles. The average molecular weight is 482 g/mol. The van der Waals surface area contributed by atoms with Crippen molar-refractivity contribution >= 4 is 50.7 Å². The summed E-state index contributed by atoms with van der Waals surface area (Å²) in [4.78, 5) is 11.4. The lowest BCUT2D eigenvalue weighted by molar-refractivity contribution is -0.135. The Balaban J connectivity index is 1.71. The summed E-state index contributed by atoms with van der Waals surface area (Å²) < 4.78 is 6.87. The summed E-state index contributed by atoms with van der Waals surface area (Å²) in [6.07, 6.45) is 2.07. The number of ether oxygens (including phenoxy) is 1. The zero-order chi connectivity index (χ0) is 21.3. The molecule has 4 rings (SSSR count). The summed E-state index contributed by atoms with van der Waals surface area (Å²) >= 11 is 9.43. The molecule has 0 aromatic heterocycles. The number of hydrogen-bond acceptors (Lipinski definition) is 2. The number of aliphatic carboxylic acids is 1. The van der Waals surface area contributed by atoms with Crippen molar-refractivity contribution in [2.45, 2.75) is 13.3 Å². The van der Waals surface area contributed by atoms with Gasteiger partial charge in [-0.2, -0.15) is 0 Å². The minimum Gasteiger partial charge on any atom is -0.481 e. The van der Waals surface area contributed by atoms with Crippen LogP contribution in [0, 0.1) is 0 Å². The summed E-state index contributed by atoms with van der Waals surface area (Å²) in [5.74, 6) is 0.586. The Morgan fingerprint density at radius 2 is 1.80 bits per heavy atom. The standard InChI is InChI=1S/C25H18BrClO3/c1-15-22(21-10-5-17(26)13-24(21)23(15)14-25(28)29)12-16-3-2-4-20(11-16)30-19-8-6-18(27)7-9-19/h2-13H,14H2,1H3,(H,28,29)/b22-12-. The van der Waals surface area contributed by atoms with Crippen LogP contribution in [0.15, 0.2) is 76.8 Å². The predicted octanol–water partition coefficient (Wildman–Crippen LogP) is 7.70. The third-order valence-corrected chi connectivity index (χ3v) is 5.75. The Morgan fingerprint density at radius 1 is 1.03 bits per heavy atom. The molecule has 5 heteroatoms. The van der Waals surface area contributed by atoms with Gasteiger partial charge in [0.1, 0.15) is 11.5 Å². The number of rotatable bonds is 5. The highest BCUT2D eigenvalue weighted by Crippen LogP contribution is 2.44. The number of carboxylic acid groups (broad SMARTS) is 1. The van der Waals surface area contributed by atoms with E-state index in [1.165, 1.54) is 0 Å². The molecule has 1 aliphatic carbocycles. The Kier molecular flexibility index (Phi) is 5.80. The maximum atomic E-state index is 11.4. The van der Waals surface area contributed by atoms with Gasteiger partial charge in [0.05, 0.1) is 6.42 Å². The van der Waals surface area contributed by atoms with Crippen LogP contribution in [0.25, 0.3) is 17.2 Å². The van der Waals surface area contributed by atoms with Crippen LogP contribution in [-0.2, 0) is 4.79 Å². The average Bonchev–Trinajstić information content (AvgIpc) is 2.95. The predicted molar refractivity (Wildman–Crippen MR) is 125 cm³/mol. The van der Waals surface area contributed by atoms with E-state index in [0.717, 1.165) is 37.9 Å². The third-order valence-electron chi connectivity index (χ3n) is 5.00. The first-order valence-electron chi connectivity index (χ1n) is 9.38.